The molecule has 26 heavy (non-hydrogen) atoms. The normalized spacial score (nSPS) is 11.7. The van der Waals surface area contributed by atoms with Crippen molar-refractivity contribution >= 4 is 17.8 Å². The van der Waals surface area contributed by atoms with Crippen molar-refractivity contribution in [1.29, 1.82) is 0 Å². The minimum atomic E-state index is -0.729. The molecule has 0 spiro atoms. The van der Waals surface area contributed by atoms with E-state index in [-0.39, 0.29) is 36.9 Å². The highest BCUT2D eigenvalue weighted by molar-refractivity contribution is 5.99. The average molecular weight is 364 g/mol. The number of halogens is 1. The number of carbonyl (C=O) groups is 2. The molecule has 2 amide bonds. The molecule has 0 aliphatic rings. The number of hydrogen-bond acceptors (Lipinski definition) is 5. The van der Waals surface area contributed by atoms with Gasteiger partial charge in [-0.25, -0.2) is 18.7 Å². The van der Waals surface area contributed by atoms with Crippen molar-refractivity contribution in [2.75, 3.05) is 11.9 Å². The Morgan fingerprint density at radius 2 is 2.04 bits per heavy atom. The first-order chi connectivity index (χ1) is 12.4. The number of benzene rings is 1. The molecule has 2 rings (SSSR count). The number of urea groups is 1. The summed E-state index contributed by atoms with van der Waals surface area (Å²) in [7, 11) is 0. The highest BCUT2D eigenvalue weighted by Gasteiger charge is 2.21. The second kappa shape index (κ2) is 8.95. The van der Waals surface area contributed by atoms with Crippen LogP contribution < -0.4 is 10.6 Å². The van der Waals surface area contributed by atoms with Crippen molar-refractivity contribution in [2.45, 2.75) is 33.0 Å². The minimum absolute atomic E-state index is 0.0874. The highest BCUT2D eigenvalue weighted by Crippen LogP contribution is 2.17. The van der Waals surface area contributed by atoms with Gasteiger partial charge in [-0.15, -0.1) is 0 Å². The second-order valence-corrected chi connectivity index (χ2v) is 5.59. The van der Waals surface area contributed by atoms with Gasteiger partial charge >= 0.3 is 12.0 Å². The van der Waals surface area contributed by atoms with Crippen molar-refractivity contribution in [3.8, 4) is 0 Å². The van der Waals surface area contributed by atoms with Crippen LogP contribution in [0, 0.1) is 5.82 Å². The molecule has 9 heteroatoms. The van der Waals surface area contributed by atoms with E-state index in [1.54, 1.807) is 26.0 Å². The molecule has 0 radical (unpaired) electrons. The Bertz CT molecular complexity index is 759. The van der Waals surface area contributed by atoms with E-state index >= 15 is 0 Å². The Morgan fingerprint density at radius 3 is 2.65 bits per heavy atom. The van der Waals surface area contributed by atoms with Crippen LogP contribution in [0.2, 0.25) is 0 Å². The molecule has 1 atom stereocenters. The average Bonchev–Trinajstić information content (AvgIpc) is 2.96. The topological polar surface area (TPSA) is 105 Å². The van der Waals surface area contributed by atoms with E-state index in [0.29, 0.717) is 5.56 Å². The Balaban J connectivity index is 2.09. The fraction of sp³-hybridized carbons (Fsp3) is 0.353. The first kappa shape index (κ1) is 19.4. The first-order valence-electron chi connectivity index (χ1n) is 8.11. The number of ether oxygens (including phenoxy) is 1. The molecule has 0 saturated heterocycles. The summed E-state index contributed by atoms with van der Waals surface area (Å²) < 4.78 is 19.2. The molecule has 2 aromatic rings. The summed E-state index contributed by atoms with van der Waals surface area (Å²) in [5.41, 5.74) is 0.800. The zero-order chi connectivity index (χ0) is 19.1. The van der Waals surface area contributed by atoms with Crippen molar-refractivity contribution in [3.63, 3.8) is 0 Å². The van der Waals surface area contributed by atoms with E-state index in [0.717, 1.165) is 0 Å². The molecule has 1 unspecified atom stereocenters. The van der Waals surface area contributed by atoms with Crippen LogP contribution in [0.3, 0.4) is 0 Å². The monoisotopic (exact) mass is 364 g/mol. The van der Waals surface area contributed by atoms with E-state index in [4.69, 9.17) is 4.74 Å². The van der Waals surface area contributed by atoms with E-state index in [1.165, 1.54) is 23.0 Å². The van der Waals surface area contributed by atoms with Crippen LogP contribution >= 0.6 is 0 Å². The van der Waals surface area contributed by atoms with E-state index in [9.17, 15) is 19.1 Å². The molecule has 0 fully saturated rings. The Morgan fingerprint density at radius 1 is 1.35 bits per heavy atom. The lowest BCUT2D eigenvalue weighted by atomic mass is 10.2. The van der Waals surface area contributed by atoms with Gasteiger partial charge in [0, 0.05) is 6.54 Å². The van der Waals surface area contributed by atoms with Gasteiger partial charge < -0.3 is 15.2 Å². The number of hydrogen-bond donors (Lipinski definition) is 3. The van der Waals surface area contributed by atoms with E-state index in [1.807, 2.05) is 0 Å². The van der Waals surface area contributed by atoms with Gasteiger partial charge in [-0.2, -0.15) is 5.10 Å². The van der Waals surface area contributed by atoms with Crippen molar-refractivity contribution < 1.29 is 23.8 Å². The number of rotatable bonds is 7. The molecule has 3 N–H and O–H groups in total. The number of nitrogens with zero attached hydrogens (tertiary/aromatic N) is 2. The van der Waals surface area contributed by atoms with Crippen LogP contribution in [-0.4, -0.2) is 39.6 Å². The first-order valence-corrected chi connectivity index (χ1v) is 8.11. The molecule has 0 aliphatic heterocycles. The second-order valence-electron chi connectivity index (χ2n) is 5.59. The molecule has 8 nitrogen and oxygen atoms in total. The molecule has 1 aromatic carbocycles. The smallest absolute Gasteiger partial charge is 0.343 e. The van der Waals surface area contributed by atoms with Gasteiger partial charge in [0.25, 0.3) is 0 Å². The van der Waals surface area contributed by atoms with Gasteiger partial charge in [0.1, 0.15) is 17.2 Å². The van der Waals surface area contributed by atoms with Gasteiger partial charge in [0.05, 0.1) is 25.5 Å². The SMILES string of the molecule is CCOC(=O)c1cnn(CC(C)O)c1NC(=O)NCc1ccc(F)cc1. The number of aliphatic hydroxyl groups is 1. The van der Waals surface area contributed by atoms with Crippen LogP contribution in [0.15, 0.2) is 30.5 Å². The van der Waals surface area contributed by atoms with Crippen LogP contribution in [0.1, 0.15) is 29.8 Å². The Kier molecular flexibility index (Phi) is 6.67. The number of anilines is 1. The molecule has 0 aliphatic carbocycles. The quantitative estimate of drug-likeness (QED) is 0.651. The van der Waals surface area contributed by atoms with Gasteiger partial charge in [-0.1, -0.05) is 12.1 Å². The predicted octanol–water partition coefficient (Wildman–Crippen LogP) is 1.90. The lowest BCUT2D eigenvalue weighted by molar-refractivity contribution is 0.0527. The zero-order valence-corrected chi connectivity index (χ0v) is 14.5. The van der Waals surface area contributed by atoms with Gasteiger partial charge in [-0.05, 0) is 31.5 Å². The maximum atomic E-state index is 12.9. The number of nitrogens with one attached hydrogen (secondary N) is 2. The summed E-state index contributed by atoms with van der Waals surface area (Å²) in [5, 5.41) is 18.7. The third kappa shape index (κ3) is 5.28. The van der Waals surface area contributed by atoms with Crippen LogP contribution in [0.5, 0.6) is 0 Å². The molecular weight excluding hydrogens is 343 g/mol. The third-order valence-electron chi connectivity index (χ3n) is 3.37. The van der Waals surface area contributed by atoms with Crippen molar-refractivity contribution in [3.05, 3.63) is 47.4 Å². The zero-order valence-electron chi connectivity index (χ0n) is 14.5. The molecule has 0 saturated carbocycles. The molecule has 1 heterocycles. The maximum Gasteiger partial charge on any atom is 0.343 e. The number of aromatic nitrogens is 2. The maximum absolute atomic E-state index is 12.9. The summed E-state index contributed by atoms with van der Waals surface area (Å²) >= 11 is 0. The summed E-state index contributed by atoms with van der Waals surface area (Å²) in [6.07, 6.45) is 0.545. The minimum Gasteiger partial charge on any atom is -0.462 e. The number of esters is 1. The fourth-order valence-electron chi connectivity index (χ4n) is 2.20. The molecule has 140 valence electrons. The summed E-state index contributed by atoms with van der Waals surface area (Å²) in [4.78, 5) is 24.2. The highest BCUT2D eigenvalue weighted by atomic mass is 19.1. The van der Waals surface area contributed by atoms with Crippen LogP contribution in [0.25, 0.3) is 0 Å². The van der Waals surface area contributed by atoms with Gasteiger partial charge in [0.15, 0.2) is 0 Å². The van der Waals surface area contributed by atoms with Crippen molar-refractivity contribution in [1.82, 2.24) is 15.1 Å². The van der Waals surface area contributed by atoms with Crippen LogP contribution in [0.4, 0.5) is 15.0 Å². The van der Waals surface area contributed by atoms with Gasteiger partial charge in [-0.3, -0.25) is 5.32 Å². The summed E-state index contributed by atoms with van der Waals surface area (Å²) in [6.45, 7) is 3.67. The molecule has 0 bridgehead atoms. The number of amides is 2. The number of carbonyl (C=O) groups excluding carboxylic acids is 2. The van der Waals surface area contributed by atoms with Gasteiger partial charge in [0.2, 0.25) is 0 Å². The number of aliphatic hydroxyl groups excluding tert-OH is 1. The largest absolute Gasteiger partial charge is 0.462 e. The third-order valence-corrected chi connectivity index (χ3v) is 3.37. The standard InChI is InChI=1S/C17H21FN4O4/c1-3-26-16(24)14-9-20-22(10-11(2)23)15(14)21-17(25)19-8-12-4-6-13(18)7-5-12/h4-7,9,11,23H,3,8,10H2,1-2H3,(H2,19,21,25). The lowest BCUT2D eigenvalue weighted by Crippen LogP contribution is -2.30. The van der Waals surface area contributed by atoms with Crippen LogP contribution in [-0.2, 0) is 17.8 Å². The predicted molar refractivity (Wildman–Crippen MR) is 92.1 cm³/mol. The molecule has 1 aromatic heterocycles. The fourth-order valence-corrected chi connectivity index (χ4v) is 2.20. The summed E-state index contributed by atoms with van der Waals surface area (Å²) in [6, 6.07) is 5.12. The van der Waals surface area contributed by atoms with E-state index < -0.39 is 18.1 Å². The Labute approximate surface area is 150 Å². The molecular formula is C17H21FN4O4. The lowest BCUT2D eigenvalue weighted by Gasteiger charge is -2.13. The Hall–Kier alpha value is -2.94. The van der Waals surface area contributed by atoms with E-state index in [2.05, 4.69) is 15.7 Å². The van der Waals surface area contributed by atoms with Crippen molar-refractivity contribution in [2.24, 2.45) is 0 Å². The summed E-state index contributed by atoms with van der Waals surface area (Å²) in [5.74, 6) is -0.863.